The fourth-order valence-electron chi connectivity index (χ4n) is 1.37. The van der Waals surface area contributed by atoms with Crippen LogP contribution in [0.5, 0.6) is 0 Å². The summed E-state index contributed by atoms with van der Waals surface area (Å²) in [6.07, 6.45) is -1.80. The number of aliphatic hydroxyl groups is 3. The zero-order valence-corrected chi connectivity index (χ0v) is 9.55. The molecule has 0 bridgehead atoms. The van der Waals surface area contributed by atoms with E-state index in [0.29, 0.717) is 0 Å². The van der Waals surface area contributed by atoms with E-state index in [9.17, 15) is 18.6 Å². The Kier molecular flexibility index (Phi) is 4.03. The van der Waals surface area contributed by atoms with Crippen molar-refractivity contribution in [3.8, 4) is 0 Å². The highest BCUT2D eigenvalue weighted by Crippen LogP contribution is 2.24. The van der Waals surface area contributed by atoms with Gasteiger partial charge in [0.1, 0.15) is 12.2 Å². The highest BCUT2D eigenvalue weighted by Gasteiger charge is 2.23. The molecular weight excluding hydrogens is 232 g/mol. The number of hydrogen-bond donors (Lipinski definition) is 3. The van der Waals surface area contributed by atoms with E-state index in [1.165, 1.54) is 18.2 Å². The van der Waals surface area contributed by atoms with Gasteiger partial charge in [-0.3, -0.25) is 0 Å². The van der Waals surface area contributed by atoms with Gasteiger partial charge in [-0.25, -0.2) is 8.42 Å². The van der Waals surface area contributed by atoms with Crippen LogP contribution in [-0.4, -0.2) is 42.7 Å². The van der Waals surface area contributed by atoms with Crippen molar-refractivity contribution in [1.29, 1.82) is 0 Å². The Hall–Kier alpha value is -0.950. The van der Waals surface area contributed by atoms with Gasteiger partial charge in [0.2, 0.25) is 0 Å². The van der Waals surface area contributed by atoms with Gasteiger partial charge in [0, 0.05) is 11.8 Å². The third-order valence-electron chi connectivity index (χ3n) is 2.19. The van der Waals surface area contributed by atoms with Crippen LogP contribution < -0.4 is 0 Å². The first kappa shape index (κ1) is 13.1. The molecule has 0 aliphatic heterocycles. The van der Waals surface area contributed by atoms with Crippen molar-refractivity contribution in [2.75, 3.05) is 12.9 Å². The van der Waals surface area contributed by atoms with E-state index < -0.39 is 28.7 Å². The average molecular weight is 246 g/mol. The third kappa shape index (κ3) is 2.79. The Balaban J connectivity index is 3.24. The molecular formula is C10H14O5S. The second kappa shape index (κ2) is 4.92. The van der Waals surface area contributed by atoms with Crippen LogP contribution in [0.15, 0.2) is 29.2 Å². The van der Waals surface area contributed by atoms with Crippen molar-refractivity contribution in [1.82, 2.24) is 0 Å². The molecule has 0 aliphatic carbocycles. The summed E-state index contributed by atoms with van der Waals surface area (Å²) in [5, 5.41) is 27.6. The van der Waals surface area contributed by atoms with Crippen molar-refractivity contribution >= 4 is 9.84 Å². The van der Waals surface area contributed by atoms with Gasteiger partial charge in [0.25, 0.3) is 0 Å². The van der Waals surface area contributed by atoms with Crippen molar-refractivity contribution in [3.05, 3.63) is 29.8 Å². The molecule has 0 fully saturated rings. The quantitative estimate of drug-likeness (QED) is 0.664. The molecule has 0 saturated carbocycles. The van der Waals surface area contributed by atoms with Crippen LogP contribution >= 0.6 is 0 Å². The van der Waals surface area contributed by atoms with Crippen molar-refractivity contribution in [3.63, 3.8) is 0 Å². The van der Waals surface area contributed by atoms with Crippen LogP contribution in [0.3, 0.4) is 0 Å². The highest BCUT2D eigenvalue weighted by molar-refractivity contribution is 7.90. The Labute approximate surface area is 93.9 Å². The molecule has 16 heavy (non-hydrogen) atoms. The van der Waals surface area contributed by atoms with Crippen molar-refractivity contribution in [2.45, 2.75) is 17.1 Å². The molecule has 0 unspecified atom stereocenters. The molecule has 3 N–H and O–H groups in total. The molecule has 6 heteroatoms. The molecule has 1 aromatic rings. The van der Waals surface area contributed by atoms with Crippen LogP contribution in [0, 0.1) is 0 Å². The van der Waals surface area contributed by atoms with Gasteiger partial charge in [-0.2, -0.15) is 0 Å². The summed E-state index contributed by atoms with van der Waals surface area (Å²) < 4.78 is 22.8. The Morgan fingerprint density at radius 2 is 1.81 bits per heavy atom. The van der Waals surface area contributed by atoms with Crippen molar-refractivity contribution < 1.29 is 23.7 Å². The normalized spacial score (nSPS) is 15.8. The van der Waals surface area contributed by atoms with E-state index >= 15 is 0 Å². The molecule has 0 aliphatic rings. The van der Waals surface area contributed by atoms with E-state index in [-0.39, 0.29) is 10.5 Å². The Bertz CT molecular complexity index is 454. The fraction of sp³-hybridized carbons (Fsp3) is 0.400. The van der Waals surface area contributed by atoms with Gasteiger partial charge in [-0.1, -0.05) is 18.2 Å². The number of benzene rings is 1. The lowest BCUT2D eigenvalue weighted by Crippen LogP contribution is -2.23. The predicted molar refractivity (Wildman–Crippen MR) is 57.6 cm³/mol. The van der Waals surface area contributed by atoms with Gasteiger partial charge in [-0.15, -0.1) is 0 Å². The molecule has 0 aromatic heterocycles. The molecule has 0 radical (unpaired) electrons. The van der Waals surface area contributed by atoms with Gasteiger partial charge in [0.05, 0.1) is 11.5 Å². The third-order valence-corrected chi connectivity index (χ3v) is 3.36. The summed E-state index contributed by atoms with van der Waals surface area (Å²) in [6, 6.07) is 5.83. The minimum absolute atomic E-state index is 0.0463. The van der Waals surface area contributed by atoms with E-state index in [0.717, 1.165) is 6.26 Å². The predicted octanol–water partition coefficient (Wildman–Crippen LogP) is -0.523. The summed E-state index contributed by atoms with van der Waals surface area (Å²) >= 11 is 0. The number of hydrogen-bond acceptors (Lipinski definition) is 5. The lowest BCUT2D eigenvalue weighted by Gasteiger charge is -2.18. The molecule has 0 amide bonds. The minimum atomic E-state index is -3.47. The first-order valence-electron chi connectivity index (χ1n) is 4.64. The summed E-state index contributed by atoms with van der Waals surface area (Å²) in [4.78, 5) is -0.0463. The number of aliphatic hydroxyl groups excluding tert-OH is 3. The molecule has 90 valence electrons. The van der Waals surface area contributed by atoms with Crippen molar-refractivity contribution in [2.24, 2.45) is 0 Å². The molecule has 1 rings (SSSR count). The summed E-state index contributed by atoms with van der Waals surface area (Å²) in [5.41, 5.74) is 0.0894. The molecule has 5 nitrogen and oxygen atoms in total. The lowest BCUT2D eigenvalue weighted by atomic mass is 10.1. The van der Waals surface area contributed by atoms with E-state index in [4.69, 9.17) is 5.11 Å². The lowest BCUT2D eigenvalue weighted by molar-refractivity contribution is -0.0165. The zero-order valence-electron chi connectivity index (χ0n) is 8.74. The van der Waals surface area contributed by atoms with Crippen LogP contribution in [0.4, 0.5) is 0 Å². The van der Waals surface area contributed by atoms with Crippen LogP contribution in [-0.2, 0) is 9.84 Å². The standard InChI is InChI=1S/C10H14O5S/c1-16(14,15)9-5-3-2-4-7(9)10(13)8(12)6-11/h2-5,8,10-13H,6H2,1H3/t8-,10+/m0/s1. The second-order valence-electron chi connectivity index (χ2n) is 3.50. The summed E-state index contributed by atoms with van der Waals surface area (Å²) in [7, 11) is -3.47. The molecule has 2 atom stereocenters. The molecule has 1 aromatic carbocycles. The molecule has 0 saturated heterocycles. The maximum absolute atomic E-state index is 11.4. The van der Waals surface area contributed by atoms with Gasteiger partial charge >= 0.3 is 0 Å². The summed E-state index contributed by atoms with van der Waals surface area (Å²) in [6.45, 7) is -0.640. The van der Waals surface area contributed by atoms with E-state index in [1.54, 1.807) is 6.07 Å². The average Bonchev–Trinajstić information content (AvgIpc) is 2.26. The maximum atomic E-state index is 11.4. The van der Waals surface area contributed by atoms with Gasteiger partial charge < -0.3 is 15.3 Å². The Morgan fingerprint density at radius 3 is 2.31 bits per heavy atom. The molecule has 0 heterocycles. The molecule has 0 spiro atoms. The number of rotatable bonds is 4. The smallest absolute Gasteiger partial charge is 0.175 e. The van der Waals surface area contributed by atoms with Gasteiger partial charge in [-0.05, 0) is 6.07 Å². The van der Waals surface area contributed by atoms with E-state index in [1.807, 2.05) is 0 Å². The maximum Gasteiger partial charge on any atom is 0.175 e. The fourth-order valence-corrected chi connectivity index (χ4v) is 2.31. The Morgan fingerprint density at radius 1 is 1.25 bits per heavy atom. The van der Waals surface area contributed by atoms with E-state index in [2.05, 4.69) is 0 Å². The first-order chi connectivity index (χ1) is 7.38. The zero-order chi connectivity index (χ0) is 12.3. The largest absolute Gasteiger partial charge is 0.394 e. The first-order valence-corrected chi connectivity index (χ1v) is 6.53. The topological polar surface area (TPSA) is 94.8 Å². The van der Waals surface area contributed by atoms with Crippen LogP contribution in [0.25, 0.3) is 0 Å². The van der Waals surface area contributed by atoms with Crippen LogP contribution in [0.1, 0.15) is 11.7 Å². The SMILES string of the molecule is CS(=O)(=O)c1ccccc1[C@@H](O)[C@@H](O)CO. The minimum Gasteiger partial charge on any atom is -0.394 e. The monoisotopic (exact) mass is 246 g/mol. The van der Waals surface area contributed by atoms with Crippen LogP contribution in [0.2, 0.25) is 0 Å². The highest BCUT2D eigenvalue weighted by atomic mass is 32.2. The summed E-state index contributed by atoms with van der Waals surface area (Å²) in [5.74, 6) is 0. The number of sulfone groups is 1. The second-order valence-corrected chi connectivity index (χ2v) is 5.49. The van der Waals surface area contributed by atoms with Gasteiger partial charge in [0.15, 0.2) is 9.84 Å².